The molecule has 0 aliphatic carbocycles. The number of amides is 1. The van der Waals surface area contributed by atoms with E-state index in [4.69, 9.17) is 20.8 Å². The fourth-order valence-corrected chi connectivity index (χ4v) is 2.15. The lowest BCUT2D eigenvalue weighted by Gasteiger charge is -2.25. The van der Waals surface area contributed by atoms with E-state index in [1.807, 2.05) is 0 Å². The molecule has 3 rings (SSSR count). The first-order chi connectivity index (χ1) is 10.1. The number of aromatic hydroxyl groups is 1. The highest BCUT2D eigenvalue weighted by Crippen LogP contribution is 2.28. The van der Waals surface area contributed by atoms with E-state index in [2.05, 4.69) is 10.2 Å². The molecule has 0 radical (unpaired) electrons. The van der Waals surface area contributed by atoms with Crippen LogP contribution in [0.4, 0.5) is 0 Å². The van der Waals surface area contributed by atoms with E-state index >= 15 is 0 Å². The van der Waals surface area contributed by atoms with E-state index in [0.717, 1.165) is 0 Å². The van der Waals surface area contributed by atoms with Crippen molar-refractivity contribution in [1.82, 2.24) is 15.1 Å². The van der Waals surface area contributed by atoms with Gasteiger partial charge in [0.15, 0.2) is 0 Å². The molecule has 8 heteroatoms. The number of carbonyl (C=O) groups excluding carboxylic acids is 1. The van der Waals surface area contributed by atoms with Crippen molar-refractivity contribution in [3.8, 4) is 17.2 Å². The smallest absolute Gasteiger partial charge is 0.311 e. The van der Waals surface area contributed by atoms with Gasteiger partial charge in [-0.15, -0.1) is 10.2 Å². The van der Waals surface area contributed by atoms with Gasteiger partial charge >= 0.3 is 11.8 Å². The number of phenolic OH excluding ortho intramolecular Hbond substituents is 1. The van der Waals surface area contributed by atoms with E-state index < -0.39 is 0 Å². The number of hydrogen-bond acceptors (Lipinski definition) is 6. The second-order valence-electron chi connectivity index (χ2n) is 4.48. The lowest BCUT2D eigenvalue weighted by molar-refractivity contribution is 0.0278. The molecule has 0 unspecified atom stereocenters. The Labute approximate surface area is 125 Å². The Balaban J connectivity index is 1.82. The van der Waals surface area contributed by atoms with Crippen LogP contribution < -0.4 is 0 Å². The van der Waals surface area contributed by atoms with Crippen molar-refractivity contribution < 1.29 is 19.1 Å². The first-order valence-electron chi connectivity index (χ1n) is 6.34. The van der Waals surface area contributed by atoms with Gasteiger partial charge in [0.25, 0.3) is 0 Å². The zero-order valence-corrected chi connectivity index (χ0v) is 11.7. The maximum atomic E-state index is 12.2. The van der Waals surface area contributed by atoms with Crippen molar-refractivity contribution in [3.63, 3.8) is 0 Å². The van der Waals surface area contributed by atoms with Crippen molar-refractivity contribution in [2.24, 2.45) is 0 Å². The Hall–Kier alpha value is -2.12. The summed E-state index contributed by atoms with van der Waals surface area (Å²) < 4.78 is 10.6. The number of halogens is 1. The quantitative estimate of drug-likeness (QED) is 0.905. The molecular weight excluding hydrogens is 298 g/mol. The van der Waals surface area contributed by atoms with Gasteiger partial charge in [0.05, 0.1) is 18.2 Å². The molecule has 1 fully saturated rings. The molecule has 7 nitrogen and oxygen atoms in total. The van der Waals surface area contributed by atoms with E-state index in [9.17, 15) is 9.90 Å². The summed E-state index contributed by atoms with van der Waals surface area (Å²) in [4.78, 5) is 13.8. The van der Waals surface area contributed by atoms with Gasteiger partial charge in [-0.3, -0.25) is 4.79 Å². The van der Waals surface area contributed by atoms with Gasteiger partial charge in [0.2, 0.25) is 5.89 Å². The number of benzene rings is 1. The zero-order valence-electron chi connectivity index (χ0n) is 11.0. The molecule has 1 aliphatic heterocycles. The molecule has 110 valence electrons. The molecule has 0 atom stereocenters. The Morgan fingerprint density at radius 3 is 2.76 bits per heavy atom. The maximum absolute atomic E-state index is 12.2. The highest BCUT2D eigenvalue weighted by Gasteiger charge is 2.24. The number of nitrogens with zero attached hydrogens (tertiary/aromatic N) is 3. The number of phenols is 1. The summed E-state index contributed by atoms with van der Waals surface area (Å²) in [5, 5.41) is 17.2. The second-order valence-corrected chi connectivity index (χ2v) is 4.89. The van der Waals surface area contributed by atoms with Gasteiger partial charge < -0.3 is 19.2 Å². The Kier molecular flexibility index (Phi) is 3.76. The van der Waals surface area contributed by atoms with Crippen molar-refractivity contribution in [2.45, 2.75) is 0 Å². The standard InChI is InChI=1S/C13H12ClN3O4/c14-9-7-8(1-2-10(9)18)11-15-16-12(21-11)13(19)17-3-5-20-6-4-17/h1-2,7,18H,3-6H2. The largest absolute Gasteiger partial charge is 0.506 e. The molecule has 1 amide bonds. The van der Waals surface area contributed by atoms with Crippen LogP contribution in [0, 0.1) is 0 Å². The highest BCUT2D eigenvalue weighted by molar-refractivity contribution is 6.32. The summed E-state index contributed by atoms with van der Waals surface area (Å²) in [5.74, 6) is -0.254. The fourth-order valence-electron chi connectivity index (χ4n) is 1.97. The molecule has 1 aliphatic rings. The van der Waals surface area contributed by atoms with Crippen LogP contribution in [-0.2, 0) is 4.74 Å². The van der Waals surface area contributed by atoms with E-state index in [1.165, 1.54) is 12.1 Å². The van der Waals surface area contributed by atoms with Gasteiger partial charge in [-0.05, 0) is 18.2 Å². The Morgan fingerprint density at radius 1 is 1.29 bits per heavy atom. The lowest BCUT2D eigenvalue weighted by Crippen LogP contribution is -2.40. The molecule has 2 heterocycles. The van der Waals surface area contributed by atoms with Crippen molar-refractivity contribution in [2.75, 3.05) is 26.3 Å². The highest BCUT2D eigenvalue weighted by atomic mass is 35.5. The number of carbonyl (C=O) groups is 1. The molecule has 0 saturated carbocycles. The SMILES string of the molecule is O=C(c1nnc(-c2ccc(O)c(Cl)c2)o1)N1CCOCC1. The first-order valence-corrected chi connectivity index (χ1v) is 6.72. The third-order valence-electron chi connectivity index (χ3n) is 3.10. The summed E-state index contributed by atoms with van der Waals surface area (Å²) in [6.07, 6.45) is 0. The van der Waals surface area contributed by atoms with Crippen molar-refractivity contribution in [3.05, 3.63) is 29.1 Å². The summed E-state index contributed by atoms with van der Waals surface area (Å²) in [6.45, 7) is 2.00. The molecule has 0 bridgehead atoms. The molecule has 1 N–H and O–H groups in total. The third-order valence-corrected chi connectivity index (χ3v) is 3.40. The normalized spacial score (nSPS) is 15.2. The number of morpholine rings is 1. The zero-order chi connectivity index (χ0) is 14.8. The van der Waals surface area contributed by atoms with Gasteiger partial charge in [0.1, 0.15) is 5.75 Å². The maximum Gasteiger partial charge on any atom is 0.311 e. The monoisotopic (exact) mass is 309 g/mol. The Morgan fingerprint density at radius 2 is 2.05 bits per heavy atom. The average molecular weight is 310 g/mol. The number of aromatic nitrogens is 2. The van der Waals surface area contributed by atoms with E-state index in [1.54, 1.807) is 11.0 Å². The minimum absolute atomic E-state index is 0.0375. The number of hydrogen-bond donors (Lipinski definition) is 1. The molecule has 1 aromatic heterocycles. The summed E-state index contributed by atoms with van der Waals surface area (Å²) in [7, 11) is 0. The second kappa shape index (κ2) is 5.71. The van der Waals surface area contributed by atoms with E-state index in [-0.39, 0.29) is 28.5 Å². The van der Waals surface area contributed by atoms with Crippen molar-refractivity contribution >= 4 is 17.5 Å². The van der Waals surface area contributed by atoms with E-state index in [0.29, 0.717) is 31.9 Å². The predicted molar refractivity (Wildman–Crippen MR) is 73.1 cm³/mol. The molecular formula is C13H12ClN3O4. The van der Waals surface area contributed by atoms with Crippen LogP contribution in [0.1, 0.15) is 10.7 Å². The van der Waals surface area contributed by atoms with Crippen LogP contribution in [0.15, 0.2) is 22.6 Å². The summed E-state index contributed by atoms with van der Waals surface area (Å²) >= 11 is 5.83. The molecule has 1 saturated heterocycles. The summed E-state index contributed by atoms with van der Waals surface area (Å²) in [6, 6.07) is 4.50. The molecule has 1 aromatic carbocycles. The fraction of sp³-hybridized carbons (Fsp3) is 0.308. The minimum Gasteiger partial charge on any atom is -0.506 e. The molecule has 21 heavy (non-hydrogen) atoms. The van der Waals surface area contributed by atoms with Crippen LogP contribution in [0.5, 0.6) is 5.75 Å². The predicted octanol–water partition coefficient (Wildman–Crippen LogP) is 1.57. The average Bonchev–Trinajstić information content (AvgIpc) is 3.00. The van der Waals surface area contributed by atoms with Gasteiger partial charge in [-0.1, -0.05) is 11.6 Å². The molecule has 2 aromatic rings. The van der Waals surface area contributed by atoms with Crippen LogP contribution >= 0.6 is 11.6 Å². The van der Waals surface area contributed by atoms with Crippen LogP contribution in [-0.4, -0.2) is 52.4 Å². The minimum atomic E-state index is -0.318. The van der Waals surface area contributed by atoms with Crippen LogP contribution in [0.25, 0.3) is 11.5 Å². The topological polar surface area (TPSA) is 88.7 Å². The van der Waals surface area contributed by atoms with Gasteiger partial charge in [-0.25, -0.2) is 0 Å². The third kappa shape index (κ3) is 2.84. The lowest BCUT2D eigenvalue weighted by atomic mass is 10.2. The molecule has 0 spiro atoms. The first kappa shape index (κ1) is 13.8. The summed E-state index contributed by atoms with van der Waals surface area (Å²) in [5.41, 5.74) is 0.534. The number of ether oxygens (including phenoxy) is 1. The van der Waals surface area contributed by atoms with Crippen LogP contribution in [0.3, 0.4) is 0 Å². The van der Waals surface area contributed by atoms with Gasteiger partial charge in [-0.2, -0.15) is 0 Å². The van der Waals surface area contributed by atoms with Gasteiger partial charge in [0, 0.05) is 18.7 Å². The van der Waals surface area contributed by atoms with Crippen molar-refractivity contribution in [1.29, 1.82) is 0 Å². The number of rotatable bonds is 2. The Bertz CT molecular complexity index is 667. The van der Waals surface area contributed by atoms with Crippen LogP contribution in [0.2, 0.25) is 5.02 Å².